The molecule has 0 amide bonds. The van der Waals surface area contributed by atoms with Crippen LogP contribution in [0.3, 0.4) is 0 Å². The summed E-state index contributed by atoms with van der Waals surface area (Å²) in [5.74, 6) is 0.0927. The number of anilines is 1. The van der Waals surface area contributed by atoms with E-state index >= 15 is 0 Å². The van der Waals surface area contributed by atoms with Gasteiger partial charge in [-0.3, -0.25) is 0 Å². The van der Waals surface area contributed by atoms with Crippen molar-refractivity contribution in [3.63, 3.8) is 0 Å². The molecule has 0 aromatic heterocycles. The van der Waals surface area contributed by atoms with Gasteiger partial charge in [0, 0.05) is 8.95 Å². The van der Waals surface area contributed by atoms with E-state index in [1.54, 1.807) is 12.1 Å². The van der Waals surface area contributed by atoms with Crippen LogP contribution in [0.1, 0.15) is 0 Å². The van der Waals surface area contributed by atoms with Gasteiger partial charge in [0.1, 0.15) is 5.75 Å². The van der Waals surface area contributed by atoms with E-state index in [9.17, 15) is 0 Å². The average molecular weight is 267 g/mol. The van der Waals surface area contributed by atoms with Gasteiger partial charge in [-0.1, -0.05) is 0 Å². The molecule has 0 aliphatic heterocycles. The first-order valence-electron chi connectivity index (χ1n) is 2.54. The molecule has 0 heterocycles. The summed E-state index contributed by atoms with van der Waals surface area (Å²) in [5.41, 5.74) is 5.76. The molecular weight excluding hydrogens is 262 g/mol. The zero-order chi connectivity index (χ0) is 7.72. The molecule has 54 valence electrons. The van der Waals surface area contributed by atoms with Crippen molar-refractivity contribution in [2.75, 3.05) is 5.73 Å². The van der Waals surface area contributed by atoms with Crippen LogP contribution in [0.5, 0.6) is 5.75 Å². The number of hydrogen-bond acceptors (Lipinski definition) is 2. The molecule has 0 fully saturated rings. The number of hydrogen-bond donors (Lipinski definition) is 2. The monoisotopic (exact) mass is 265 g/mol. The standard InChI is InChI=1S/C6H5Br2NO/c7-3-1-5(9)6(10)2-4(3)8/h1-2,10H,9H2. The predicted molar refractivity (Wildman–Crippen MR) is 47.9 cm³/mol. The van der Waals surface area contributed by atoms with E-state index in [1.807, 2.05) is 0 Å². The predicted octanol–water partition coefficient (Wildman–Crippen LogP) is 2.50. The molecule has 1 aromatic carbocycles. The van der Waals surface area contributed by atoms with Crippen LogP contribution in [0.4, 0.5) is 5.69 Å². The summed E-state index contributed by atoms with van der Waals surface area (Å²) < 4.78 is 1.63. The van der Waals surface area contributed by atoms with Gasteiger partial charge >= 0.3 is 0 Å². The van der Waals surface area contributed by atoms with Gasteiger partial charge in [0.15, 0.2) is 0 Å². The van der Waals surface area contributed by atoms with Crippen LogP contribution < -0.4 is 5.73 Å². The lowest BCUT2D eigenvalue weighted by molar-refractivity contribution is 0.477. The Morgan fingerprint density at radius 3 is 2.20 bits per heavy atom. The molecule has 2 nitrogen and oxygen atoms in total. The van der Waals surface area contributed by atoms with Crippen molar-refractivity contribution in [3.8, 4) is 5.75 Å². The van der Waals surface area contributed by atoms with Crippen molar-refractivity contribution < 1.29 is 5.11 Å². The maximum Gasteiger partial charge on any atom is 0.139 e. The molecular formula is C6H5Br2NO. The largest absolute Gasteiger partial charge is 0.506 e. The lowest BCUT2D eigenvalue weighted by Crippen LogP contribution is -1.85. The number of halogens is 2. The quantitative estimate of drug-likeness (QED) is 0.560. The summed E-state index contributed by atoms with van der Waals surface area (Å²) in [4.78, 5) is 0. The Bertz CT molecular complexity index is 212. The molecule has 0 saturated heterocycles. The van der Waals surface area contributed by atoms with Crippen LogP contribution in [0.25, 0.3) is 0 Å². The van der Waals surface area contributed by atoms with Crippen molar-refractivity contribution >= 4 is 37.5 Å². The van der Waals surface area contributed by atoms with E-state index < -0.39 is 0 Å². The van der Waals surface area contributed by atoms with Gasteiger partial charge in [0.05, 0.1) is 5.69 Å². The summed E-state index contributed by atoms with van der Waals surface area (Å²) in [5, 5.41) is 9.05. The molecule has 0 radical (unpaired) electrons. The molecule has 0 atom stereocenters. The molecule has 4 heteroatoms. The molecule has 0 unspecified atom stereocenters. The highest BCUT2D eigenvalue weighted by atomic mass is 79.9. The first-order chi connectivity index (χ1) is 4.61. The fraction of sp³-hybridized carbons (Fsp3) is 0. The van der Waals surface area contributed by atoms with Gasteiger partial charge in [0.25, 0.3) is 0 Å². The first-order valence-corrected chi connectivity index (χ1v) is 4.13. The zero-order valence-corrected chi connectivity index (χ0v) is 8.11. The van der Waals surface area contributed by atoms with Gasteiger partial charge in [0.2, 0.25) is 0 Å². The summed E-state index contributed by atoms with van der Waals surface area (Å²) in [6, 6.07) is 3.18. The van der Waals surface area contributed by atoms with Gasteiger partial charge in [-0.25, -0.2) is 0 Å². The normalized spacial score (nSPS) is 9.80. The topological polar surface area (TPSA) is 46.2 Å². The van der Waals surface area contributed by atoms with E-state index in [2.05, 4.69) is 31.9 Å². The van der Waals surface area contributed by atoms with Crippen LogP contribution in [-0.4, -0.2) is 5.11 Å². The third kappa shape index (κ3) is 1.44. The number of rotatable bonds is 0. The molecule has 0 saturated carbocycles. The lowest BCUT2D eigenvalue weighted by Gasteiger charge is -2.00. The van der Waals surface area contributed by atoms with E-state index in [1.165, 1.54) is 0 Å². The second kappa shape index (κ2) is 2.80. The van der Waals surface area contributed by atoms with Crippen LogP contribution in [0.2, 0.25) is 0 Å². The minimum absolute atomic E-state index is 0.0927. The third-order valence-electron chi connectivity index (χ3n) is 1.07. The minimum atomic E-state index is 0.0927. The Hall–Kier alpha value is -0.220. The highest BCUT2D eigenvalue weighted by molar-refractivity contribution is 9.13. The molecule has 0 spiro atoms. The summed E-state index contributed by atoms with van der Waals surface area (Å²) in [7, 11) is 0. The second-order valence-electron chi connectivity index (χ2n) is 1.83. The van der Waals surface area contributed by atoms with Crippen LogP contribution in [-0.2, 0) is 0 Å². The number of phenols is 1. The fourth-order valence-electron chi connectivity index (χ4n) is 0.552. The van der Waals surface area contributed by atoms with Crippen molar-refractivity contribution in [1.29, 1.82) is 0 Å². The fourth-order valence-corrected chi connectivity index (χ4v) is 1.24. The van der Waals surface area contributed by atoms with Crippen molar-refractivity contribution in [3.05, 3.63) is 21.1 Å². The van der Waals surface area contributed by atoms with Gasteiger partial charge in [-0.2, -0.15) is 0 Å². The van der Waals surface area contributed by atoms with Crippen LogP contribution in [0.15, 0.2) is 21.1 Å². The van der Waals surface area contributed by atoms with Crippen LogP contribution >= 0.6 is 31.9 Å². The summed E-state index contributed by atoms with van der Waals surface area (Å²) in [6.07, 6.45) is 0. The van der Waals surface area contributed by atoms with Crippen molar-refractivity contribution in [2.45, 2.75) is 0 Å². The van der Waals surface area contributed by atoms with Crippen molar-refractivity contribution in [1.82, 2.24) is 0 Å². The second-order valence-corrected chi connectivity index (χ2v) is 3.53. The number of phenolic OH excluding ortho intramolecular Hbond substituents is 1. The average Bonchev–Trinajstić information content (AvgIpc) is 1.84. The SMILES string of the molecule is Nc1cc(Br)c(Br)cc1O. The highest BCUT2D eigenvalue weighted by Crippen LogP contribution is 2.31. The molecule has 1 rings (SSSR count). The summed E-state index contributed by atoms with van der Waals surface area (Å²) >= 11 is 6.46. The lowest BCUT2D eigenvalue weighted by atomic mass is 10.3. The molecule has 10 heavy (non-hydrogen) atoms. The number of nitrogens with two attached hydrogens (primary N) is 1. The zero-order valence-electron chi connectivity index (χ0n) is 4.94. The van der Waals surface area contributed by atoms with E-state index in [0.29, 0.717) is 5.69 Å². The van der Waals surface area contributed by atoms with Gasteiger partial charge in [-0.05, 0) is 44.0 Å². The van der Waals surface area contributed by atoms with Crippen molar-refractivity contribution in [2.24, 2.45) is 0 Å². The van der Waals surface area contributed by atoms with Gasteiger partial charge in [-0.15, -0.1) is 0 Å². The molecule has 0 aliphatic rings. The molecule has 0 bridgehead atoms. The maximum atomic E-state index is 9.05. The smallest absolute Gasteiger partial charge is 0.139 e. The molecule has 1 aromatic rings. The first kappa shape index (κ1) is 7.88. The number of benzene rings is 1. The Morgan fingerprint density at radius 2 is 1.70 bits per heavy atom. The Balaban J connectivity index is 3.28. The van der Waals surface area contributed by atoms with Gasteiger partial charge < -0.3 is 10.8 Å². The highest BCUT2D eigenvalue weighted by Gasteiger charge is 2.00. The van der Waals surface area contributed by atoms with E-state index in [-0.39, 0.29) is 5.75 Å². The third-order valence-corrected chi connectivity index (χ3v) is 2.91. The Labute approximate surface area is 75.3 Å². The molecule has 0 aliphatic carbocycles. The van der Waals surface area contributed by atoms with E-state index in [0.717, 1.165) is 8.95 Å². The number of aromatic hydroxyl groups is 1. The minimum Gasteiger partial charge on any atom is -0.506 e. The Kier molecular flexibility index (Phi) is 2.21. The molecule has 3 N–H and O–H groups in total. The maximum absolute atomic E-state index is 9.05. The Morgan fingerprint density at radius 1 is 1.20 bits per heavy atom. The van der Waals surface area contributed by atoms with Crippen LogP contribution in [0, 0.1) is 0 Å². The number of nitrogen functional groups attached to an aromatic ring is 1. The van der Waals surface area contributed by atoms with E-state index in [4.69, 9.17) is 10.8 Å². The summed E-state index contributed by atoms with van der Waals surface area (Å²) in [6.45, 7) is 0.